The summed E-state index contributed by atoms with van der Waals surface area (Å²) in [5.41, 5.74) is -1.35. The molecule has 33 heavy (non-hydrogen) atoms. The van der Waals surface area contributed by atoms with E-state index in [1.165, 1.54) is 4.90 Å². The lowest BCUT2D eigenvalue weighted by molar-refractivity contribution is -0.198. The maximum Gasteiger partial charge on any atom is 0.395 e. The predicted molar refractivity (Wildman–Crippen MR) is 119 cm³/mol. The number of halogens is 4. The van der Waals surface area contributed by atoms with Gasteiger partial charge in [-0.25, -0.2) is 14.4 Å². The van der Waals surface area contributed by atoms with Crippen LogP contribution in [0.2, 0.25) is 0 Å². The molecule has 9 heteroatoms. The Bertz CT molecular complexity index is 1240. The minimum Gasteiger partial charge on any atom is -0.341 e. The molecule has 0 amide bonds. The Labute approximate surface area is 189 Å². The third-order valence-electron chi connectivity index (χ3n) is 6.99. The second kappa shape index (κ2) is 7.28. The van der Waals surface area contributed by atoms with Crippen LogP contribution in [-0.4, -0.2) is 50.9 Å². The molecule has 1 N–H and O–H groups in total. The summed E-state index contributed by atoms with van der Waals surface area (Å²) in [5.74, 6) is 1.35. The van der Waals surface area contributed by atoms with Gasteiger partial charge in [0, 0.05) is 49.5 Å². The average molecular weight is 459 g/mol. The van der Waals surface area contributed by atoms with Crippen LogP contribution in [0.3, 0.4) is 0 Å². The highest BCUT2D eigenvalue weighted by atomic mass is 19.4. The molecule has 0 bridgehead atoms. The van der Waals surface area contributed by atoms with E-state index in [0.29, 0.717) is 5.82 Å². The number of nitrogens with zero attached hydrogens (tertiary/aromatic N) is 4. The lowest BCUT2D eigenvalue weighted by Gasteiger charge is -2.47. The molecule has 0 radical (unpaired) electrons. The molecule has 2 aliphatic rings. The van der Waals surface area contributed by atoms with Crippen LogP contribution in [0.25, 0.3) is 22.0 Å². The van der Waals surface area contributed by atoms with Crippen LogP contribution < -0.4 is 5.32 Å². The Morgan fingerprint density at radius 1 is 1.12 bits per heavy atom. The molecular formula is C24H25F4N5. The zero-order valence-electron chi connectivity index (χ0n) is 18.5. The maximum atomic E-state index is 15.3. The second-order valence-electron chi connectivity index (χ2n) is 9.37. The summed E-state index contributed by atoms with van der Waals surface area (Å²) in [7, 11) is 1.95. The van der Waals surface area contributed by atoms with Gasteiger partial charge in [0.25, 0.3) is 0 Å². The molecule has 1 saturated carbocycles. The molecule has 2 aromatic heterocycles. The first-order chi connectivity index (χ1) is 15.5. The molecular weight excluding hydrogens is 434 g/mol. The maximum absolute atomic E-state index is 15.3. The summed E-state index contributed by atoms with van der Waals surface area (Å²) in [6, 6.07) is 7.80. The molecule has 0 spiro atoms. The van der Waals surface area contributed by atoms with E-state index in [2.05, 4.69) is 21.9 Å². The smallest absolute Gasteiger partial charge is 0.341 e. The quantitative estimate of drug-likeness (QED) is 0.513. The largest absolute Gasteiger partial charge is 0.395 e. The number of pyridine rings is 1. The van der Waals surface area contributed by atoms with Crippen molar-refractivity contribution in [2.45, 2.75) is 31.6 Å². The molecule has 5 nitrogen and oxygen atoms in total. The lowest BCUT2D eigenvalue weighted by atomic mass is 9.90. The van der Waals surface area contributed by atoms with Gasteiger partial charge in [0.05, 0.1) is 17.3 Å². The number of hydrogen-bond acceptors (Lipinski definition) is 4. The molecule has 1 aromatic carbocycles. The van der Waals surface area contributed by atoms with Crippen LogP contribution >= 0.6 is 0 Å². The van der Waals surface area contributed by atoms with Crippen molar-refractivity contribution in [3.63, 3.8) is 0 Å². The fourth-order valence-corrected chi connectivity index (χ4v) is 4.48. The van der Waals surface area contributed by atoms with E-state index in [9.17, 15) is 13.2 Å². The number of fused-ring (bicyclic) bond motifs is 1. The standard InChI is InChI=1S/C24H25F4N5/c1-15(23(25)13-33(14-23)12-22(6-7-22)24(26,27)28)31-21-9-19-8-17(4-5-18(19)10-30-21)20-11-29-16(2)32(20)3/h4-5,8-11H,1,6-7,12-14H2,2-3H3,(H,30,31). The van der Waals surface area contributed by atoms with Crippen molar-refractivity contribution >= 4 is 16.6 Å². The van der Waals surface area contributed by atoms with Gasteiger partial charge in [-0.2, -0.15) is 13.2 Å². The molecule has 1 aliphatic carbocycles. The number of alkyl halides is 4. The van der Waals surface area contributed by atoms with Crippen molar-refractivity contribution in [1.82, 2.24) is 19.4 Å². The first kappa shape index (κ1) is 21.9. The summed E-state index contributed by atoms with van der Waals surface area (Å²) in [6.07, 6.45) is -0.488. The first-order valence-corrected chi connectivity index (χ1v) is 10.8. The van der Waals surface area contributed by atoms with E-state index in [1.807, 2.05) is 49.0 Å². The SMILES string of the molecule is C=C(Nc1cc2cc(-c3cnc(C)n3C)ccc2cn1)C1(F)CN(CC2(C(F)(F)F)CC2)C1. The van der Waals surface area contributed by atoms with Gasteiger partial charge in [0.15, 0.2) is 5.67 Å². The van der Waals surface area contributed by atoms with Gasteiger partial charge in [0.1, 0.15) is 11.6 Å². The van der Waals surface area contributed by atoms with Crippen molar-refractivity contribution in [3.8, 4) is 11.3 Å². The number of aryl methyl sites for hydroxylation is 1. The third-order valence-corrected chi connectivity index (χ3v) is 6.99. The minimum atomic E-state index is -4.24. The number of likely N-dealkylation sites (tertiary alicyclic amines) is 1. The molecule has 2 fully saturated rings. The number of hydrogen-bond donors (Lipinski definition) is 1. The molecule has 3 aromatic rings. The van der Waals surface area contributed by atoms with Crippen molar-refractivity contribution in [3.05, 3.63) is 54.8 Å². The molecule has 174 valence electrons. The fraction of sp³-hybridized carbons (Fsp3) is 0.417. The third kappa shape index (κ3) is 3.78. The molecule has 1 aliphatic heterocycles. The summed E-state index contributed by atoms with van der Waals surface area (Å²) in [6.45, 7) is 5.39. The van der Waals surface area contributed by atoms with Gasteiger partial charge in [-0.1, -0.05) is 18.7 Å². The molecule has 0 atom stereocenters. The predicted octanol–water partition coefficient (Wildman–Crippen LogP) is 5.24. The van der Waals surface area contributed by atoms with Gasteiger partial charge in [-0.05, 0) is 37.3 Å². The number of aromatic nitrogens is 3. The fourth-order valence-electron chi connectivity index (χ4n) is 4.48. The highest BCUT2D eigenvalue weighted by molar-refractivity contribution is 5.88. The van der Waals surface area contributed by atoms with E-state index in [0.717, 1.165) is 27.9 Å². The van der Waals surface area contributed by atoms with E-state index < -0.39 is 17.3 Å². The summed E-state index contributed by atoms with van der Waals surface area (Å²) < 4.78 is 56.8. The van der Waals surface area contributed by atoms with Crippen molar-refractivity contribution in [1.29, 1.82) is 0 Å². The molecule has 0 unspecified atom stereocenters. The van der Waals surface area contributed by atoms with Crippen LogP contribution in [-0.2, 0) is 7.05 Å². The summed E-state index contributed by atoms with van der Waals surface area (Å²) in [5, 5.41) is 4.78. The zero-order valence-corrected chi connectivity index (χ0v) is 18.5. The Morgan fingerprint density at radius 3 is 2.45 bits per heavy atom. The van der Waals surface area contributed by atoms with Crippen LogP contribution in [0.1, 0.15) is 18.7 Å². The monoisotopic (exact) mass is 459 g/mol. The highest BCUT2D eigenvalue weighted by Gasteiger charge is 2.65. The molecule has 3 heterocycles. The Hall–Kier alpha value is -2.94. The average Bonchev–Trinajstić information content (AvgIpc) is 3.46. The van der Waals surface area contributed by atoms with Crippen molar-refractivity contribution < 1.29 is 17.6 Å². The van der Waals surface area contributed by atoms with Crippen LogP contribution in [0.15, 0.2) is 48.9 Å². The molecule has 1 saturated heterocycles. The number of benzene rings is 1. The minimum absolute atomic E-state index is 0.103. The number of nitrogens with one attached hydrogen (secondary N) is 1. The first-order valence-electron chi connectivity index (χ1n) is 10.8. The van der Waals surface area contributed by atoms with Crippen LogP contribution in [0.4, 0.5) is 23.4 Å². The van der Waals surface area contributed by atoms with E-state index in [4.69, 9.17) is 0 Å². The van der Waals surface area contributed by atoms with Gasteiger partial charge >= 0.3 is 6.18 Å². The topological polar surface area (TPSA) is 46.0 Å². The van der Waals surface area contributed by atoms with Gasteiger partial charge in [-0.3, -0.25) is 4.90 Å². The van der Waals surface area contributed by atoms with E-state index in [1.54, 1.807) is 6.20 Å². The van der Waals surface area contributed by atoms with E-state index in [-0.39, 0.29) is 38.2 Å². The number of anilines is 1. The number of imidazole rings is 1. The van der Waals surface area contributed by atoms with Gasteiger partial charge < -0.3 is 9.88 Å². The molecule has 5 rings (SSSR count). The van der Waals surface area contributed by atoms with Crippen molar-refractivity contribution in [2.75, 3.05) is 25.0 Å². The number of rotatable bonds is 6. The summed E-state index contributed by atoms with van der Waals surface area (Å²) >= 11 is 0. The van der Waals surface area contributed by atoms with Crippen LogP contribution in [0.5, 0.6) is 0 Å². The van der Waals surface area contributed by atoms with Gasteiger partial charge in [0.2, 0.25) is 0 Å². The zero-order chi connectivity index (χ0) is 23.6. The normalized spacial score (nSPS) is 19.3. The van der Waals surface area contributed by atoms with Gasteiger partial charge in [-0.15, -0.1) is 0 Å². The Morgan fingerprint density at radius 2 is 1.85 bits per heavy atom. The van der Waals surface area contributed by atoms with Crippen LogP contribution in [0, 0.1) is 12.3 Å². The lowest BCUT2D eigenvalue weighted by Crippen LogP contribution is -2.62. The second-order valence-corrected chi connectivity index (χ2v) is 9.37. The Balaban J connectivity index is 1.28. The van der Waals surface area contributed by atoms with Crippen molar-refractivity contribution in [2.24, 2.45) is 12.5 Å². The van der Waals surface area contributed by atoms with E-state index >= 15 is 4.39 Å². The Kier molecular flexibility index (Phi) is 4.83. The highest BCUT2D eigenvalue weighted by Crippen LogP contribution is 2.58. The summed E-state index contributed by atoms with van der Waals surface area (Å²) in [4.78, 5) is 10.2.